The molecule has 0 aliphatic carbocycles. The van der Waals surface area contributed by atoms with Crippen molar-refractivity contribution in [2.45, 2.75) is 32.2 Å². The summed E-state index contributed by atoms with van der Waals surface area (Å²) in [5.74, 6) is -0.448. The lowest BCUT2D eigenvalue weighted by Crippen LogP contribution is -2.37. The van der Waals surface area contributed by atoms with Crippen molar-refractivity contribution in [3.8, 4) is 0 Å². The highest BCUT2D eigenvalue weighted by Gasteiger charge is 2.28. The number of carbonyl (C=O) groups is 1. The molecule has 3 N–H and O–H groups in total. The third kappa shape index (κ3) is 5.27. The van der Waals surface area contributed by atoms with Gasteiger partial charge in [0, 0.05) is 18.5 Å². The number of rotatable bonds is 8. The summed E-state index contributed by atoms with van der Waals surface area (Å²) in [7, 11) is 0. The van der Waals surface area contributed by atoms with Crippen LogP contribution in [0.4, 0.5) is 5.69 Å². The van der Waals surface area contributed by atoms with Crippen LogP contribution < -0.4 is 10.6 Å². The molecule has 6 heteroatoms. The molecule has 0 saturated heterocycles. The summed E-state index contributed by atoms with van der Waals surface area (Å²) in [5.41, 5.74) is 6.58. The molecule has 3 aromatic rings. The molecule has 2 atom stereocenters. The van der Waals surface area contributed by atoms with E-state index in [1.165, 1.54) is 16.7 Å². The van der Waals surface area contributed by atoms with E-state index < -0.39 is 5.97 Å². The molecule has 0 saturated carbocycles. The number of hydrogen-bond acceptors (Lipinski definition) is 5. The minimum Gasteiger partial charge on any atom is -0.481 e. The van der Waals surface area contributed by atoms with Crippen molar-refractivity contribution in [2.75, 3.05) is 18.4 Å². The predicted octanol–water partition coefficient (Wildman–Crippen LogP) is 3.57. The van der Waals surface area contributed by atoms with Crippen molar-refractivity contribution in [3.05, 3.63) is 88.7 Å². The van der Waals surface area contributed by atoms with E-state index in [2.05, 4.69) is 52.0 Å². The van der Waals surface area contributed by atoms with Crippen LogP contribution in [0.25, 0.3) is 0 Å². The highest BCUT2D eigenvalue weighted by molar-refractivity contribution is 5.70. The van der Waals surface area contributed by atoms with E-state index in [4.69, 9.17) is 5.11 Å². The highest BCUT2D eigenvalue weighted by Crippen LogP contribution is 2.31. The molecule has 0 amide bonds. The number of fused-ring (bicyclic) bond motifs is 1. The van der Waals surface area contributed by atoms with Crippen LogP contribution in [-0.2, 0) is 24.1 Å². The Kier molecular flexibility index (Phi) is 6.57. The lowest BCUT2D eigenvalue weighted by molar-refractivity contribution is -0.136. The summed E-state index contributed by atoms with van der Waals surface area (Å²) in [6.45, 7) is 3.76. The number of nitrogens with zero attached hydrogens (tertiary/aromatic N) is 2. The normalized spacial score (nSPS) is 16.2. The van der Waals surface area contributed by atoms with Crippen LogP contribution in [0.5, 0.6) is 0 Å². The summed E-state index contributed by atoms with van der Waals surface area (Å²) in [5, 5.41) is 24.7. The lowest BCUT2D eigenvalue weighted by atomic mass is 9.86. The minimum atomic E-state index is -0.801. The molecule has 2 aromatic carbocycles. The zero-order chi connectivity index (χ0) is 21.6. The molecule has 1 aliphatic heterocycles. The summed E-state index contributed by atoms with van der Waals surface area (Å²) in [4.78, 5) is 11.1. The van der Waals surface area contributed by atoms with Gasteiger partial charge in [-0.25, -0.2) is 0 Å². The maximum atomic E-state index is 11.1. The molecule has 1 aliphatic rings. The molecule has 6 nitrogen and oxygen atoms in total. The van der Waals surface area contributed by atoms with Crippen molar-refractivity contribution in [1.29, 1.82) is 0 Å². The first-order valence-electron chi connectivity index (χ1n) is 10.7. The fourth-order valence-electron chi connectivity index (χ4n) is 4.33. The zero-order valence-corrected chi connectivity index (χ0v) is 17.7. The summed E-state index contributed by atoms with van der Waals surface area (Å²) >= 11 is 0. The molecule has 31 heavy (non-hydrogen) atoms. The predicted molar refractivity (Wildman–Crippen MR) is 121 cm³/mol. The Balaban J connectivity index is 1.47. The molecule has 0 unspecified atom stereocenters. The summed E-state index contributed by atoms with van der Waals surface area (Å²) in [6.07, 6.45) is 3.50. The van der Waals surface area contributed by atoms with E-state index in [-0.39, 0.29) is 12.5 Å². The number of aliphatic carboxylic acids is 1. The van der Waals surface area contributed by atoms with Gasteiger partial charge in [-0.1, -0.05) is 48.5 Å². The number of aromatic nitrogens is 2. The first-order valence-corrected chi connectivity index (χ1v) is 10.7. The Morgan fingerprint density at radius 3 is 2.87 bits per heavy atom. The van der Waals surface area contributed by atoms with Gasteiger partial charge in [0.25, 0.3) is 0 Å². The Morgan fingerprint density at radius 1 is 1.23 bits per heavy atom. The van der Waals surface area contributed by atoms with E-state index in [0.717, 1.165) is 42.9 Å². The summed E-state index contributed by atoms with van der Waals surface area (Å²) < 4.78 is 0. The van der Waals surface area contributed by atoms with E-state index in [1.54, 1.807) is 6.20 Å². The Morgan fingerprint density at radius 2 is 2.06 bits per heavy atom. The average Bonchev–Trinajstić information content (AvgIpc) is 2.78. The van der Waals surface area contributed by atoms with E-state index in [1.807, 2.05) is 30.3 Å². The molecule has 0 spiro atoms. The van der Waals surface area contributed by atoms with Crippen LogP contribution in [0.15, 0.2) is 60.8 Å². The number of benzene rings is 2. The monoisotopic (exact) mass is 416 g/mol. The third-order valence-electron chi connectivity index (χ3n) is 5.97. The van der Waals surface area contributed by atoms with Crippen molar-refractivity contribution in [2.24, 2.45) is 5.92 Å². The van der Waals surface area contributed by atoms with Crippen LogP contribution >= 0.6 is 0 Å². The van der Waals surface area contributed by atoms with Crippen LogP contribution in [0, 0.1) is 12.8 Å². The van der Waals surface area contributed by atoms with Crippen LogP contribution in [0.3, 0.4) is 0 Å². The van der Waals surface area contributed by atoms with Crippen LogP contribution in [0.1, 0.15) is 34.0 Å². The average molecular weight is 417 g/mol. The molecule has 4 rings (SSSR count). The number of hydrogen-bond donors (Lipinski definition) is 3. The van der Waals surface area contributed by atoms with Crippen molar-refractivity contribution in [3.63, 3.8) is 0 Å². The van der Waals surface area contributed by atoms with Gasteiger partial charge in [0.15, 0.2) is 0 Å². The van der Waals surface area contributed by atoms with Gasteiger partial charge < -0.3 is 15.7 Å². The van der Waals surface area contributed by atoms with Gasteiger partial charge >= 0.3 is 5.97 Å². The highest BCUT2D eigenvalue weighted by atomic mass is 16.4. The Labute approximate surface area is 182 Å². The molecule has 0 radical (unpaired) electrons. The number of aryl methyl sites for hydroxylation is 1. The second-order valence-electron chi connectivity index (χ2n) is 8.16. The van der Waals surface area contributed by atoms with Crippen molar-refractivity contribution in [1.82, 2.24) is 15.5 Å². The van der Waals surface area contributed by atoms with Crippen molar-refractivity contribution >= 4 is 11.7 Å². The number of carboxylic acids is 1. The number of carboxylic acid groups (broad SMARTS) is 1. The maximum Gasteiger partial charge on any atom is 0.307 e. The third-order valence-corrected chi connectivity index (χ3v) is 5.97. The minimum absolute atomic E-state index is 0.0571. The van der Waals surface area contributed by atoms with Gasteiger partial charge in [-0.15, -0.1) is 0 Å². The van der Waals surface area contributed by atoms with Gasteiger partial charge in [-0.2, -0.15) is 10.2 Å². The Bertz CT molecular complexity index is 1040. The van der Waals surface area contributed by atoms with Crippen LogP contribution in [-0.4, -0.2) is 34.4 Å². The number of anilines is 1. The second-order valence-corrected chi connectivity index (χ2v) is 8.16. The maximum absolute atomic E-state index is 11.1. The van der Waals surface area contributed by atoms with E-state index in [0.29, 0.717) is 5.92 Å². The molecule has 1 aromatic heterocycles. The standard InChI is InChI=1S/C25H28N4O2/c1-17-7-8-18(14-24(30)31)13-20(17)9-11-26-25(19-5-3-2-4-6-19)21-15-23-22(27-16-21)10-12-28-29-23/h2-8,10,12-13,21,25-27H,9,11,14-16H2,1H3,(H,30,31)/t21-,25+/m0/s1. The largest absolute Gasteiger partial charge is 0.481 e. The fourth-order valence-corrected chi connectivity index (χ4v) is 4.33. The Hall–Kier alpha value is -3.25. The van der Waals surface area contributed by atoms with Crippen LogP contribution in [0.2, 0.25) is 0 Å². The van der Waals surface area contributed by atoms with Gasteiger partial charge in [0.1, 0.15) is 0 Å². The van der Waals surface area contributed by atoms with Gasteiger partial charge in [-0.05, 0) is 54.6 Å². The van der Waals surface area contributed by atoms with E-state index in [9.17, 15) is 4.79 Å². The fraction of sp³-hybridized carbons (Fsp3) is 0.320. The molecule has 0 fully saturated rings. The smallest absolute Gasteiger partial charge is 0.307 e. The van der Waals surface area contributed by atoms with E-state index >= 15 is 0 Å². The van der Waals surface area contributed by atoms with Crippen molar-refractivity contribution < 1.29 is 9.90 Å². The quantitative estimate of drug-likeness (QED) is 0.520. The topological polar surface area (TPSA) is 87.1 Å². The molecular formula is C25H28N4O2. The van der Waals surface area contributed by atoms with Gasteiger partial charge in [-0.3, -0.25) is 4.79 Å². The molecule has 0 bridgehead atoms. The first-order chi connectivity index (χ1) is 15.1. The van der Waals surface area contributed by atoms with Gasteiger partial charge in [0.2, 0.25) is 0 Å². The SMILES string of the molecule is Cc1ccc(CC(=O)O)cc1CCN[C@H](c1ccccc1)[C@@H]1CNc2ccnnc2C1. The van der Waals surface area contributed by atoms with Gasteiger partial charge in [0.05, 0.1) is 24.0 Å². The molecule has 2 heterocycles. The molecule has 160 valence electrons. The first kappa shape index (κ1) is 21.0. The summed E-state index contributed by atoms with van der Waals surface area (Å²) in [6, 6.07) is 18.6. The second kappa shape index (κ2) is 9.71. The zero-order valence-electron chi connectivity index (χ0n) is 17.7. The molecular weight excluding hydrogens is 388 g/mol. The lowest BCUT2D eigenvalue weighted by Gasteiger charge is -2.32. The number of nitrogens with one attached hydrogen (secondary N) is 2.